The molecule has 0 N–H and O–H groups in total. The molecule has 1 saturated heterocycles. The van der Waals surface area contributed by atoms with Crippen molar-refractivity contribution in [2.24, 2.45) is 11.8 Å². The summed E-state index contributed by atoms with van der Waals surface area (Å²) in [4.78, 5) is 28.3. The zero-order valence-electron chi connectivity index (χ0n) is 13.4. The van der Waals surface area contributed by atoms with Gasteiger partial charge >= 0.3 is 5.97 Å². The molecule has 3 rings (SSSR count). The second-order valence-corrected chi connectivity index (χ2v) is 7.07. The summed E-state index contributed by atoms with van der Waals surface area (Å²) in [6.45, 7) is 4.57. The second kappa shape index (κ2) is 7.45. The quantitative estimate of drug-likeness (QED) is 0.791. The van der Waals surface area contributed by atoms with Crippen LogP contribution in [0.15, 0.2) is 17.5 Å². The third kappa shape index (κ3) is 3.58. The zero-order chi connectivity index (χ0) is 16.2. The first kappa shape index (κ1) is 16.5. The summed E-state index contributed by atoms with van der Waals surface area (Å²) in [7, 11) is 0. The van der Waals surface area contributed by atoms with Gasteiger partial charge in [-0.2, -0.15) is 0 Å². The SMILES string of the molecule is CCOC(=O)C1CC(c2cccs2)CC1C(=O)N1CCOCC1. The molecular weight excluding hydrogens is 314 g/mol. The predicted octanol–water partition coefficient (Wildman–Crippen LogP) is 2.28. The molecule has 1 amide bonds. The molecule has 23 heavy (non-hydrogen) atoms. The molecule has 1 aromatic rings. The smallest absolute Gasteiger partial charge is 0.309 e. The van der Waals surface area contributed by atoms with Gasteiger partial charge in [0.05, 0.1) is 31.7 Å². The predicted molar refractivity (Wildman–Crippen MR) is 87.3 cm³/mol. The van der Waals surface area contributed by atoms with Gasteiger partial charge in [0.15, 0.2) is 0 Å². The molecule has 5 nitrogen and oxygen atoms in total. The van der Waals surface area contributed by atoms with E-state index in [1.807, 2.05) is 23.3 Å². The topological polar surface area (TPSA) is 55.8 Å². The van der Waals surface area contributed by atoms with Crippen LogP contribution in [0.3, 0.4) is 0 Å². The number of nitrogens with zero attached hydrogens (tertiary/aromatic N) is 1. The Morgan fingerprint density at radius 1 is 1.30 bits per heavy atom. The van der Waals surface area contributed by atoms with Crippen LogP contribution in [-0.4, -0.2) is 49.7 Å². The number of morpholine rings is 1. The Hall–Kier alpha value is -1.40. The Bertz CT molecular complexity index is 539. The summed E-state index contributed by atoms with van der Waals surface area (Å²) in [5, 5.41) is 2.05. The van der Waals surface area contributed by atoms with Crippen LogP contribution in [-0.2, 0) is 19.1 Å². The Labute approximate surface area is 140 Å². The van der Waals surface area contributed by atoms with Crippen molar-refractivity contribution in [3.05, 3.63) is 22.4 Å². The maximum absolute atomic E-state index is 12.9. The van der Waals surface area contributed by atoms with Gasteiger partial charge in [0, 0.05) is 18.0 Å². The van der Waals surface area contributed by atoms with Crippen molar-refractivity contribution >= 4 is 23.2 Å². The molecule has 0 spiro atoms. The maximum atomic E-state index is 12.9. The van der Waals surface area contributed by atoms with E-state index in [2.05, 4.69) is 6.07 Å². The van der Waals surface area contributed by atoms with Crippen molar-refractivity contribution in [1.82, 2.24) is 4.90 Å². The number of ether oxygens (including phenoxy) is 2. The third-order valence-corrected chi connectivity index (χ3v) is 5.77. The van der Waals surface area contributed by atoms with Crippen LogP contribution in [0.2, 0.25) is 0 Å². The summed E-state index contributed by atoms with van der Waals surface area (Å²) < 4.78 is 10.5. The molecule has 1 aromatic heterocycles. The van der Waals surface area contributed by atoms with Crippen LogP contribution in [0.4, 0.5) is 0 Å². The van der Waals surface area contributed by atoms with Gasteiger partial charge in [-0.3, -0.25) is 9.59 Å². The largest absolute Gasteiger partial charge is 0.466 e. The molecule has 1 aliphatic heterocycles. The summed E-state index contributed by atoms with van der Waals surface area (Å²) in [5.41, 5.74) is 0. The van der Waals surface area contributed by atoms with Crippen LogP contribution in [0, 0.1) is 11.8 Å². The molecule has 1 saturated carbocycles. The summed E-state index contributed by atoms with van der Waals surface area (Å²) in [6.07, 6.45) is 1.44. The van der Waals surface area contributed by atoms with Crippen molar-refractivity contribution < 1.29 is 19.1 Å². The minimum absolute atomic E-state index is 0.0883. The fraction of sp³-hybridized carbons (Fsp3) is 0.647. The molecule has 3 atom stereocenters. The molecule has 2 heterocycles. The highest BCUT2D eigenvalue weighted by Crippen LogP contribution is 2.45. The summed E-state index contributed by atoms with van der Waals surface area (Å²) >= 11 is 1.70. The van der Waals surface area contributed by atoms with Gasteiger partial charge in [-0.1, -0.05) is 6.07 Å². The molecule has 2 aliphatic rings. The van der Waals surface area contributed by atoms with Crippen molar-refractivity contribution in [2.45, 2.75) is 25.7 Å². The van der Waals surface area contributed by atoms with Crippen molar-refractivity contribution in [2.75, 3.05) is 32.9 Å². The third-order valence-electron chi connectivity index (χ3n) is 4.74. The number of carbonyl (C=O) groups excluding carboxylic acids is 2. The Morgan fingerprint density at radius 3 is 2.70 bits per heavy atom. The lowest BCUT2D eigenvalue weighted by atomic mass is 9.94. The van der Waals surface area contributed by atoms with Crippen LogP contribution >= 0.6 is 11.3 Å². The van der Waals surface area contributed by atoms with Gasteiger partial charge in [-0.25, -0.2) is 0 Å². The van der Waals surface area contributed by atoms with Crippen molar-refractivity contribution in [3.63, 3.8) is 0 Å². The average molecular weight is 337 g/mol. The van der Waals surface area contributed by atoms with E-state index in [0.29, 0.717) is 39.3 Å². The fourth-order valence-electron chi connectivity index (χ4n) is 3.59. The van der Waals surface area contributed by atoms with Gasteiger partial charge in [0.25, 0.3) is 0 Å². The van der Waals surface area contributed by atoms with E-state index in [1.54, 1.807) is 11.3 Å². The van der Waals surface area contributed by atoms with E-state index in [-0.39, 0.29) is 29.6 Å². The van der Waals surface area contributed by atoms with Gasteiger partial charge in [-0.05, 0) is 37.1 Å². The van der Waals surface area contributed by atoms with Crippen LogP contribution in [0.25, 0.3) is 0 Å². The number of hydrogen-bond acceptors (Lipinski definition) is 5. The number of esters is 1. The summed E-state index contributed by atoms with van der Waals surface area (Å²) in [6, 6.07) is 4.12. The van der Waals surface area contributed by atoms with Crippen LogP contribution in [0.5, 0.6) is 0 Å². The van der Waals surface area contributed by atoms with E-state index in [1.165, 1.54) is 4.88 Å². The first-order valence-electron chi connectivity index (χ1n) is 8.27. The van der Waals surface area contributed by atoms with Crippen molar-refractivity contribution in [1.29, 1.82) is 0 Å². The molecule has 1 aliphatic carbocycles. The molecule has 6 heteroatoms. The number of rotatable bonds is 4. The first-order chi connectivity index (χ1) is 11.2. The lowest BCUT2D eigenvalue weighted by molar-refractivity contribution is -0.154. The van der Waals surface area contributed by atoms with Gasteiger partial charge < -0.3 is 14.4 Å². The van der Waals surface area contributed by atoms with Gasteiger partial charge in [0.1, 0.15) is 0 Å². The molecule has 0 radical (unpaired) electrons. The average Bonchev–Trinajstić information content (AvgIpc) is 3.24. The lowest BCUT2D eigenvalue weighted by Crippen LogP contribution is -2.45. The molecule has 126 valence electrons. The number of carbonyl (C=O) groups is 2. The van der Waals surface area contributed by atoms with E-state index in [0.717, 1.165) is 6.42 Å². The molecule has 2 fully saturated rings. The van der Waals surface area contributed by atoms with E-state index in [4.69, 9.17) is 9.47 Å². The highest BCUT2D eigenvalue weighted by atomic mass is 32.1. The lowest BCUT2D eigenvalue weighted by Gasteiger charge is -2.30. The Balaban J connectivity index is 1.76. The minimum Gasteiger partial charge on any atom is -0.466 e. The highest BCUT2D eigenvalue weighted by Gasteiger charge is 2.45. The maximum Gasteiger partial charge on any atom is 0.309 e. The molecular formula is C17H23NO4S. The first-order valence-corrected chi connectivity index (χ1v) is 9.15. The van der Waals surface area contributed by atoms with E-state index < -0.39 is 0 Å². The molecule has 0 aromatic carbocycles. The second-order valence-electron chi connectivity index (χ2n) is 6.09. The van der Waals surface area contributed by atoms with Crippen LogP contribution in [0.1, 0.15) is 30.6 Å². The van der Waals surface area contributed by atoms with Gasteiger partial charge in [0.2, 0.25) is 5.91 Å². The zero-order valence-corrected chi connectivity index (χ0v) is 14.2. The van der Waals surface area contributed by atoms with E-state index >= 15 is 0 Å². The van der Waals surface area contributed by atoms with Gasteiger partial charge in [-0.15, -0.1) is 11.3 Å². The fourth-order valence-corrected chi connectivity index (χ4v) is 4.45. The summed E-state index contributed by atoms with van der Waals surface area (Å²) in [5.74, 6) is -0.445. The van der Waals surface area contributed by atoms with Crippen molar-refractivity contribution in [3.8, 4) is 0 Å². The Morgan fingerprint density at radius 2 is 2.04 bits per heavy atom. The standard InChI is InChI=1S/C17H23NO4S/c1-2-22-17(20)14-11-12(15-4-3-9-23-15)10-13(14)16(19)18-5-7-21-8-6-18/h3-4,9,12-14H,2,5-8,10-11H2,1H3. The normalized spacial score (nSPS) is 27.9. The number of thiophene rings is 1. The number of hydrogen-bond donors (Lipinski definition) is 0. The van der Waals surface area contributed by atoms with E-state index in [9.17, 15) is 9.59 Å². The number of amides is 1. The minimum atomic E-state index is -0.322. The monoisotopic (exact) mass is 337 g/mol. The Kier molecular flexibility index (Phi) is 5.33. The molecule has 3 unspecified atom stereocenters. The highest BCUT2D eigenvalue weighted by molar-refractivity contribution is 7.10. The molecule has 0 bridgehead atoms. The van der Waals surface area contributed by atoms with Crippen LogP contribution < -0.4 is 0 Å².